The highest BCUT2D eigenvalue weighted by Crippen LogP contribution is 2.36. The van der Waals surface area contributed by atoms with Crippen LogP contribution in [-0.4, -0.2) is 28.8 Å². The number of benzene rings is 3. The van der Waals surface area contributed by atoms with E-state index in [9.17, 15) is 4.79 Å². The number of hydrogen-bond acceptors (Lipinski definition) is 6. The average molecular weight is 561 g/mol. The third-order valence-electron chi connectivity index (χ3n) is 5.32. The van der Waals surface area contributed by atoms with Crippen LogP contribution in [0.1, 0.15) is 23.6 Å². The van der Waals surface area contributed by atoms with Crippen molar-refractivity contribution in [3.05, 3.63) is 92.3 Å². The fourth-order valence-electron chi connectivity index (χ4n) is 3.49. The lowest BCUT2D eigenvalue weighted by Gasteiger charge is -2.15. The number of nitrogens with zero attached hydrogens (tertiary/aromatic N) is 1. The second-order valence-corrected chi connectivity index (χ2v) is 10.3. The Morgan fingerprint density at radius 3 is 2.39 bits per heavy atom. The second kappa shape index (κ2) is 12.0. The first-order valence-electron chi connectivity index (χ1n) is 11.1. The molecule has 0 unspecified atom stereocenters. The number of rotatable bonds is 9. The molecule has 1 saturated heterocycles. The largest absolute Gasteiger partial charge is 0.497 e. The van der Waals surface area contributed by atoms with Crippen molar-refractivity contribution in [3.8, 4) is 17.2 Å². The minimum absolute atomic E-state index is 0.126. The van der Waals surface area contributed by atoms with Crippen LogP contribution in [0.5, 0.6) is 17.2 Å². The topological polar surface area (TPSA) is 48.0 Å². The summed E-state index contributed by atoms with van der Waals surface area (Å²) >= 11 is 18.9. The molecule has 186 valence electrons. The number of methoxy groups -OCH3 is 1. The average Bonchev–Trinajstić information content (AvgIpc) is 3.13. The summed E-state index contributed by atoms with van der Waals surface area (Å²) in [6.07, 6.45) is 1.82. The van der Waals surface area contributed by atoms with Gasteiger partial charge in [0, 0.05) is 0 Å². The number of halogens is 2. The zero-order valence-electron chi connectivity index (χ0n) is 19.6. The maximum absolute atomic E-state index is 13.1. The van der Waals surface area contributed by atoms with Crippen molar-refractivity contribution in [2.75, 3.05) is 13.7 Å². The Kier molecular flexibility index (Phi) is 8.80. The number of hydrogen-bond donors (Lipinski definition) is 0. The molecule has 1 aliphatic heterocycles. The highest BCUT2D eigenvalue weighted by atomic mass is 35.5. The lowest BCUT2D eigenvalue weighted by Crippen LogP contribution is -2.27. The molecule has 0 bridgehead atoms. The maximum atomic E-state index is 13.1. The Hall–Kier alpha value is -2.71. The molecule has 3 aromatic rings. The van der Waals surface area contributed by atoms with Gasteiger partial charge in [-0.05, 0) is 66.1 Å². The Bertz CT molecular complexity index is 1310. The number of amides is 1. The molecule has 0 aliphatic carbocycles. The molecule has 1 amide bonds. The number of carbonyl (C=O) groups excluding carboxylic acids is 1. The number of thiocarbonyl (C=S) groups is 1. The molecule has 9 heteroatoms. The fourth-order valence-corrected chi connectivity index (χ4v) is 5.07. The van der Waals surface area contributed by atoms with E-state index >= 15 is 0 Å². The van der Waals surface area contributed by atoms with Crippen molar-refractivity contribution in [2.45, 2.75) is 20.1 Å². The van der Waals surface area contributed by atoms with Crippen LogP contribution in [0.25, 0.3) is 6.08 Å². The fraction of sp³-hybridized carbons (Fsp3) is 0.185. The molecule has 36 heavy (non-hydrogen) atoms. The van der Waals surface area contributed by atoms with E-state index in [0.29, 0.717) is 50.5 Å². The highest BCUT2D eigenvalue weighted by Gasteiger charge is 2.32. The molecular formula is C27H23Cl2NO4S2. The van der Waals surface area contributed by atoms with Gasteiger partial charge in [-0.15, -0.1) is 0 Å². The van der Waals surface area contributed by atoms with Gasteiger partial charge in [0.1, 0.15) is 16.7 Å². The van der Waals surface area contributed by atoms with Gasteiger partial charge in [-0.1, -0.05) is 71.4 Å². The summed E-state index contributed by atoms with van der Waals surface area (Å²) in [5, 5.41) is 0.969. The first-order chi connectivity index (χ1) is 17.4. The number of ether oxygens (including phenoxy) is 3. The smallest absolute Gasteiger partial charge is 0.266 e. The molecule has 3 aromatic carbocycles. The summed E-state index contributed by atoms with van der Waals surface area (Å²) in [6, 6.07) is 18.5. The predicted molar refractivity (Wildman–Crippen MR) is 150 cm³/mol. The summed E-state index contributed by atoms with van der Waals surface area (Å²) < 4.78 is 17.5. The molecule has 1 aliphatic rings. The van der Waals surface area contributed by atoms with E-state index in [-0.39, 0.29) is 5.91 Å². The van der Waals surface area contributed by atoms with E-state index in [1.807, 2.05) is 61.5 Å². The SMILES string of the molecule is CCOc1cc(/C=C2\SC(=S)N(Cc3ccc(OC)cc3)C2=O)ccc1OCc1ccc(Cl)c(Cl)c1. The summed E-state index contributed by atoms with van der Waals surface area (Å²) in [5.74, 6) is 1.81. The van der Waals surface area contributed by atoms with Crippen LogP contribution >= 0.6 is 47.2 Å². The van der Waals surface area contributed by atoms with Crippen molar-refractivity contribution >= 4 is 63.5 Å². The van der Waals surface area contributed by atoms with Gasteiger partial charge in [0.15, 0.2) is 11.5 Å². The molecule has 5 nitrogen and oxygen atoms in total. The predicted octanol–water partition coefficient (Wildman–Crippen LogP) is 7.38. The summed E-state index contributed by atoms with van der Waals surface area (Å²) in [6.45, 7) is 3.08. The van der Waals surface area contributed by atoms with Gasteiger partial charge in [-0.25, -0.2) is 0 Å². The Balaban J connectivity index is 1.49. The molecular weight excluding hydrogens is 537 g/mol. The van der Waals surface area contributed by atoms with E-state index in [4.69, 9.17) is 49.6 Å². The van der Waals surface area contributed by atoms with Crippen molar-refractivity contribution in [1.29, 1.82) is 0 Å². The number of carbonyl (C=O) groups is 1. The molecule has 1 heterocycles. The Morgan fingerprint density at radius 2 is 1.69 bits per heavy atom. The van der Waals surface area contributed by atoms with Gasteiger partial charge < -0.3 is 14.2 Å². The van der Waals surface area contributed by atoms with E-state index in [2.05, 4.69) is 0 Å². The normalized spacial score (nSPS) is 14.4. The monoisotopic (exact) mass is 559 g/mol. The maximum Gasteiger partial charge on any atom is 0.266 e. The van der Waals surface area contributed by atoms with Gasteiger partial charge in [-0.3, -0.25) is 9.69 Å². The molecule has 1 fully saturated rings. The number of thioether (sulfide) groups is 1. The van der Waals surface area contributed by atoms with E-state index in [1.165, 1.54) is 11.8 Å². The van der Waals surface area contributed by atoms with Crippen molar-refractivity contribution in [3.63, 3.8) is 0 Å². The van der Waals surface area contributed by atoms with Crippen LogP contribution in [0.2, 0.25) is 10.0 Å². The quantitative estimate of drug-likeness (QED) is 0.201. The zero-order chi connectivity index (χ0) is 25.7. The highest BCUT2D eigenvalue weighted by molar-refractivity contribution is 8.26. The van der Waals surface area contributed by atoms with Crippen LogP contribution in [0.4, 0.5) is 0 Å². The molecule has 0 N–H and O–H groups in total. The standard InChI is InChI=1S/C27H23Cl2NO4S2/c1-3-33-24-13-18(7-11-23(24)34-16-19-6-10-21(28)22(29)12-19)14-25-26(31)30(27(35)36-25)15-17-4-8-20(32-2)9-5-17/h4-14H,3,15-16H2,1-2H3/b25-14-. The Labute approximate surface area is 229 Å². The van der Waals surface area contributed by atoms with Gasteiger partial charge in [0.2, 0.25) is 0 Å². The molecule has 0 saturated carbocycles. The van der Waals surface area contributed by atoms with Crippen LogP contribution in [0.15, 0.2) is 65.6 Å². The summed E-state index contributed by atoms with van der Waals surface area (Å²) in [4.78, 5) is 15.2. The summed E-state index contributed by atoms with van der Waals surface area (Å²) in [5.41, 5.74) is 2.66. The van der Waals surface area contributed by atoms with E-state index in [0.717, 1.165) is 22.4 Å². The van der Waals surface area contributed by atoms with E-state index in [1.54, 1.807) is 24.1 Å². The molecule has 4 rings (SSSR count). The molecule has 0 atom stereocenters. The van der Waals surface area contributed by atoms with Crippen LogP contribution in [-0.2, 0) is 17.9 Å². The van der Waals surface area contributed by atoms with Crippen molar-refractivity contribution in [1.82, 2.24) is 4.90 Å². The first kappa shape index (κ1) is 26.4. The van der Waals surface area contributed by atoms with Crippen LogP contribution < -0.4 is 14.2 Å². The lowest BCUT2D eigenvalue weighted by atomic mass is 10.1. The minimum atomic E-state index is -0.126. The third-order valence-corrected chi connectivity index (χ3v) is 7.43. The van der Waals surface area contributed by atoms with Crippen molar-refractivity contribution < 1.29 is 19.0 Å². The first-order valence-corrected chi connectivity index (χ1v) is 13.1. The molecule has 0 radical (unpaired) electrons. The zero-order valence-corrected chi connectivity index (χ0v) is 22.8. The van der Waals surface area contributed by atoms with Gasteiger partial charge in [0.05, 0.1) is 35.2 Å². The third kappa shape index (κ3) is 6.34. The lowest BCUT2D eigenvalue weighted by molar-refractivity contribution is -0.122. The van der Waals surface area contributed by atoms with E-state index < -0.39 is 0 Å². The molecule has 0 aromatic heterocycles. The molecule has 0 spiro atoms. The Morgan fingerprint density at radius 1 is 0.944 bits per heavy atom. The van der Waals surface area contributed by atoms with Gasteiger partial charge >= 0.3 is 0 Å². The second-order valence-electron chi connectivity index (χ2n) is 7.79. The summed E-state index contributed by atoms with van der Waals surface area (Å²) in [7, 11) is 1.62. The van der Waals surface area contributed by atoms with Gasteiger partial charge in [-0.2, -0.15) is 0 Å². The van der Waals surface area contributed by atoms with Crippen LogP contribution in [0, 0.1) is 0 Å². The minimum Gasteiger partial charge on any atom is -0.497 e. The van der Waals surface area contributed by atoms with Crippen LogP contribution in [0.3, 0.4) is 0 Å². The van der Waals surface area contributed by atoms with Crippen molar-refractivity contribution in [2.24, 2.45) is 0 Å². The van der Waals surface area contributed by atoms with Gasteiger partial charge in [0.25, 0.3) is 5.91 Å².